The van der Waals surface area contributed by atoms with Gasteiger partial charge in [-0.15, -0.1) is 0 Å². The minimum Gasteiger partial charge on any atom is -0.507 e. The van der Waals surface area contributed by atoms with E-state index in [0.29, 0.717) is 24.6 Å². The number of benzene rings is 1. The van der Waals surface area contributed by atoms with Gasteiger partial charge in [0.15, 0.2) is 11.5 Å². The van der Waals surface area contributed by atoms with Crippen molar-refractivity contribution in [1.82, 2.24) is 5.32 Å². The lowest BCUT2D eigenvalue weighted by Gasteiger charge is -2.11. The van der Waals surface area contributed by atoms with Crippen molar-refractivity contribution >= 4 is 10.8 Å². The van der Waals surface area contributed by atoms with Crippen LogP contribution in [-0.4, -0.2) is 34.2 Å². The van der Waals surface area contributed by atoms with E-state index >= 15 is 0 Å². The molecule has 2 rings (SSSR count). The van der Waals surface area contributed by atoms with Crippen LogP contribution in [0.3, 0.4) is 0 Å². The third-order valence-corrected chi connectivity index (χ3v) is 4.19. The van der Waals surface area contributed by atoms with Gasteiger partial charge >= 0.3 is 0 Å². The number of fused-ring (bicyclic) bond motifs is 1. The molecule has 0 radical (unpaired) electrons. The average Bonchev–Trinajstić information content (AvgIpc) is 2.75. The Balaban J connectivity index is 1.96. The minimum absolute atomic E-state index is 0.0844. The summed E-state index contributed by atoms with van der Waals surface area (Å²) < 4.78 is 21.6. The molecule has 6 heteroatoms. The highest BCUT2D eigenvalue weighted by Gasteiger charge is 2.17. The molecule has 0 aliphatic carbocycles. The fourth-order valence-electron chi connectivity index (χ4n) is 1.64. The molecule has 1 aliphatic rings. The Morgan fingerprint density at radius 1 is 1.44 bits per heavy atom. The van der Waals surface area contributed by atoms with Crippen molar-refractivity contribution < 1.29 is 18.8 Å². The van der Waals surface area contributed by atoms with Crippen molar-refractivity contribution in [2.45, 2.75) is 18.7 Å². The average molecular weight is 271 g/mol. The van der Waals surface area contributed by atoms with E-state index in [-0.39, 0.29) is 17.8 Å². The molecule has 2 N–H and O–H groups in total. The maximum absolute atomic E-state index is 11.2. The summed E-state index contributed by atoms with van der Waals surface area (Å²) >= 11 is 0. The van der Waals surface area contributed by atoms with Gasteiger partial charge in [0.1, 0.15) is 5.75 Å². The van der Waals surface area contributed by atoms with Crippen LogP contribution >= 0.6 is 0 Å². The van der Waals surface area contributed by atoms with Gasteiger partial charge in [0.2, 0.25) is 6.79 Å². The highest BCUT2D eigenvalue weighted by atomic mass is 32.2. The lowest BCUT2D eigenvalue weighted by Crippen LogP contribution is -2.27. The monoisotopic (exact) mass is 271 g/mol. The second kappa shape index (κ2) is 5.58. The second-order valence-electron chi connectivity index (χ2n) is 4.27. The third-order valence-electron chi connectivity index (χ3n) is 2.89. The first-order valence-electron chi connectivity index (χ1n) is 5.72. The predicted octanol–water partition coefficient (Wildman–Crippen LogP) is 0.977. The Morgan fingerprint density at radius 2 is 2.11 bits per heavy atom. The predicted molar refractivity (Wildman–Crippen MR) is 69.5 cm³/mol. The maximum Gasteiger partial charge on any atom is 0.231 e. The van der Waals surface area contributed by atoms with Gasteiger partial charge in [0, 0.05) is 47.0 Å². The largest absolute Gasteiger partial charge is 0.507 e. The zero-order valence-corrected chi connectivity index (χ0v) is 11.3. The van der Waals surface area contributed by atoms with E-state index in [2.05, 4.69) is 5.32 Å². The van der Waals surface area contributed by atoms with Crippen LogP contribution in [0.25, 0.3) is 0 Å². The number of rotatable bonds is 5. The number of nitrogens with one attached hydrogen (secondary N) is 1. The van der Waals surface area contributed by atoms with Crippen molar-refractivity contribution in [3.8, 4) is 17.2 Å². The van der Waals surface area contributed by atoms with Gasteiger partial charge in [-0.05, 0) is 13.0 Å². The van der Waals surface area contributed by atoms with E-state index in [1.165, 1.54) is 0 Å². The Bertz CT molecular complexity index is 464. The van der Waals surface area contributed by atoms with Crippen LogP contribution < -0.4 is 14.8 Å². The number of hydrogen-bond acceptors (Lipinski definition) is 5. The third kappa shape index (κ3) is 2.94. The first-order valence-corrected chi connectivity index (χ1v) is 7.34. The van der Waals surface area contributed by atoms with Crippen molar-refractivity contribution in [3.05, 3.63) is 17.7 Å². The van der Waals surface area contributed by atoms with E-state index in [9.17, 15) is 9.32 Å². The molecule has 1 aliphatic heterocycles. The van der Waals surface area contributed by atoms with Crippen molar-refractivity contribution in [2.24, 2.45) is 0 Å². The maximum atomic E-state index is 11.2. The van der Waals surface area contributed by atoms with Crippen LogP contribution in [0, 0.1) is 0 Å². The molecule has 0 fully saturated rings. The molecule has 0 saturated carbocycles. The van der Waals surface area contributed by atoms with Crippen LogP contribution in [0.5, 0.6) is 17.2 Å². The standard InChI is InChI=1S/C12H17NO4S/c1-8(18(2)15)5-13-6-9-3-11-12(4-10(9)14)17-7-16-11/h3-4,8,13-14H,5-7H2,1-2H3. The van der Waals surface area contributed by atoms with Gasteiger partial charge in [-0.2, -0.15) is 0 Å². The Labute approximate surface area is 109 Å². The summed E-state index contributed by atoms with van der Waals surface area (Å²) in [5, 5.41) is 13.1. The fourth-order valence-corrected chi connectivity index (χ4v) is 1.99. The van der Waals surface area contributed by atoms with Crippen molar-refractivity contribution in [3.63, 3.8) is 0 Å². The Morgan fingerprint density at radius 3 is 2.78 bits per heavy atom. The summed E-state index contributed by atoms with van der Waals surface area (Å²) in [5.74, 6) is 1.40. The van der Waals surface area contributed by atoms with Gasteiger partial charge in [-0.25, -0.2) is 0 Å². The molecule has 5 nitrogen and oxygen atoms in total. The summed E-state index contributed by atoms with van der Waals surface area (Å²) in [7, 11) is -0.843. The summed E-state index contributed by atoms with van der Waals surface area (Å²) in [5.41, 5.74) is 0.744. The number of ether oxygens (including phenoxy) is 2. The molecular weight excluding hydrogens is 254 g/mol. The van der Waals surface area contributed by atoms with E-state index in [1.54, 1.807) is 18.4 Å². The normalized spacial score (nSPS) is 16.6. The van der Waals surface area contributed by atoms with Crippen molar-refractivity contribution in [2.75, 3.05) is 19.6 Å². The topological polar surface area (TPSA) is 67.8 Å². The molecule has 0 spiro atoms. The zero-order valence-electron chi connectivity index (χ0n) is 10.4. The molecule has 0 aromatic heterocycles. The highest BCUT2D eigenvalue weighted by molar-refractivity contribution is 7.84. The Hall–Kier alpha value is -1.27. The number of hydrogen-bond donors (Lipinski definition) is 2. The molecule has 0 bridgehead atoms. The summed E-state index contributed by atoms with van der Waals surface area (Å²) in [6.07, 6.45) is 1.68. The fraction of sp³-hybridized carbons (Fsp3) is 0.500. The van der Waals surface area contributed by atoms with Gasteiger partial charge in [-0.1, -0.05) is 0 Å². The lowest BCUT2D eigenvalue weighted by molar-refractivity contribution is 0.174. The molecular formula is C12H17NO4S. The minimum atomic E-state index is -0.843. The quantitative estimate of drug-likeness (QED) is 0.835. The number of aromatic hydroxyl groups is 1. The molecule has 100 valence electrons. The Kier molecular flexibility index (Phi) is 4.08. The molecule has 1 heterocycles. The lowest BCUT2D eigenvalue weighted by atomic mass is 10.1. The molecule has 2 atom stereocenters. The smallest absolute Gasteiger partial charge is 0.231 e. The van der Waals surface area contributed by atoms with Crippen LogP contribution in [0.2, 0.25) is 0 Å². The molecule has 18 heavy (non-hydrogen) atoms. The number of phenolic OH excluding ortho intramolecular Hbond substituents is 1. The van der Waals surface area contributed by atoms with E-state index < -0.39 is 10.8 Å². The highest BCUT2D eigenvalue weighted by Crippen LogP contribution is 2.37. The van der Waals surface area contributed by atoms with E-state index in [0.717, 1.165) is 5.56 Å². The molecule has 1 aromatic carbocycles. The van der Waals surface area contributed by atoms with E-state index in [1.807, 2.05) is 6.92 Å². The van der Waals surface area contributed by atoms with Crippen molar-refractivity contribution in [1.29, 1.82) is 0 Å². The first-order chi connectivity index (χ1) is 8.58. The number of phenols is 1. The molecule has 0 amide bonds. The summed E-state index contributed by atoms with van der Waals surface area (Å²) in [4.78, 5) is 0. The first kappa shape index (κ1) is 13.2. The zero-order chi connectivity index (χ0) is 13.1. The van der Waals surface area contributed by atoms with Crippen LogP contribution in [0.15, 0.2) is 12.1 Å². The summed E-state index contributed by atoms with van der Waals surface area (Å²) in [6, 6.07) is 3.32. The van der Waals surface area contributed by atoms with Gasteiger partial charge in [0.25, 0.3) is 0 Å². The van der Waals surface area contributed by atoms with Gasteiger partial charge < -0.3 is 19.9 Å². The van der Waals surface area contributed by atoms with Crippen LogP contribution in [0.1, 0.15) is 12.5 Å². The molecule has 2 unspecified atom stereocenters. The van der Waals surface area contributed by atoms with Crippen LogP contribution in [0.4, 0.5) is 0 Å². The molecule has 0 saturated heterocycles. The SMILES string of the molecule is CC(CNCc1cc2c(cc1O)OCO2)S(C)=O. The van der Waals surface area contributed by atoms with Crippen LogP contribution in [-0.2, 0) is 17.3 Å². The van der Waals surface area contributed by atoms with Gasteiger partial charge in [-0.3, -0.25) is 4.21 Å². The summed E-state index contributed by atoms with van der Waals surface area (Å²) in [6.45, 7) is 3.25. The van der Waals surface area contributed by atoms with Gasteiger partial charge in [0.05, 0.1) is 0 Å². The van der Waals surface area contributed by atoms with E-state index in [4.69, 9.17) is 9.47 Å². The molecule has 1 aromatic rings. The second-order valence-corrected chi connectivity index (χ2v) is 6.08.